The molecule has 2 rings (SSSR count). The number of hydrogen-bond acceptors (Lipinski definition) is 4. The molecule has 1 atom stereocenters. The zero-order valence-electron chi connectivity index (χ0n) is 17.7. The molecule has 2 amide bonds. The number of aryl methyl sites for hydroxylation is 2. The standard InChI is InChI=1S/C22H30N2O4S/c1-6-18(5)24(22(25)23-21-13-8-16(3)14-17(21)4)15-19-9-11-20(12-10-19)28-29(26,27)7-2/h8-14,18H,6-7,15H2,1-5H3,(H,23,25). The third kappa shape index (κ3) is 6.49. The van der Waals surface area contributed by atoms with Crippen LogP contribution in [0, 0.1) is 13.8 Å². The highest BCUT2D eigenvalue weighted by molar-refractivity contribution is 7.87. The lowest BCUT2D eigenvalue weighted by atomic mass is 10.1. The number of hydrogen-bond donors (Lipinski definition) is 1. The molecule has 2 aromatic carbocycles. The quantitative estimate of drug-likeness (QED) is 0.621. The van der Waals surface area contributed by atoms with Gasteiger partial charge in [-0.1, -0.05) is 36.8 Å². The van der Waals surface area contributed by atoms with E-state index in [0.717, 1.165) is 28.8 Å². The molecule has 0 radical (unpaired) electrons. The lowest BCUT2D eigenvalue weighted by molar-refractivity contribution is 0.187. The second kappa shape index (κ2) is 9.78. The summed E-state index contributed by atoms with van der Waals surface area (Å²) in [5.74, 6) is 0.181. The van der Waals surface area contributed by atoms with E-state index in [-0.39, 0.29) is 23.6 Å². The van der Waals surface area contributed by atoms with Crippen molar-refractivity contribution in [3.05, 3.63) is 59.2 Å². The summed E-state index contributed by atoms with van der Waals surface area (Å²) in [5.41, 5.74) is 3.84. The first kappa shape index (κ1) is 22.7. The van der Waals surface area contributed by atoms with Gasteiger partial charge >= 0.3 is 16.1 Å². The van der Waals surface area contributed by atoms with Gasteiger partial charge in [0.15, 0.2) is 0 Å². The molecule has 1 N–H and O–H groups in total. The van der Waals surface area contributed by atoms with Gasteiger partial charge in [0.1, 0.15) is 5.75 Å². The first-order valence-electron chi connectivity index (χ1n) is 9.81. The van der Waals surface area contributed by atoms with Crippen LogP contribution in [0.4, 0.5) is 10.5 Å². The van der Waals surface area contributed by atoms with Gasteiger partial charge in [-0.3, -0.25) is 0 Å². The van der Waals surface area contributed by atoms with Crippen molar-refractivity contribution in [3.8, 4) is 5.75 Å². The van der Waals surface area contributed by atoms with Gasteiger partial charge in [-0.15, -0.1) is 0 Å². The molecule has 29 heavy (non-hydrogen) atoms. The van der Waals surface area contributed by atoms with Crippen LogP contribution in [-0.2, 0) is 16.7 Å². The van der Waals surface area contributed by atoms with Crippen LogP contribution in [0.5, 0.6) is 5.75 Å². The van der Waals surface area contributed by atoms with E-state index in [9.17, 15) is 13.2 Å². The van der Waals surface area contributed by atoms with Gasteiger partial charge < -0.3 is 14.4 Å². The predicted octanol–water partition coefficient (Wildman–Crippen LogP) is 4.86. The zero-order valence-corrected chi connectivity index (χ0v) is 18.5. The van der Waals surface area contributed by atoms with Gasteiger partial charge in [-0.25, -0.2) is 4.79 Å². The summed E-state index contributed by atoms with van der Waals surface area (Å²) in [6.45, 7) is 9.97. The van der Waals surface area contributed by atoms with Crippen molar-refractivity contribution in [3.63, 3.8) is 0 Å². The van der Waals surface area contributed by atoms with E-state index in [1.54, 1.807) is 29.2 Å². The van der Waals surface area contributed by atoms with Gasteiger partial charge in [0, 0.05) is 18.3 Å². The average molecular weight is 419 g/mol. The summed E-state index contributed by atoms with van der Waals surface area (Å²) in [6, 6.07) is 12.6. The Kier molecular flexibility index (Phi) is 7.67. The molecule has 0 spiro atoms. The largest absolute Gasteiger partial charge is 0.382 e. The van der Waals surface area contributed by atoms with Crippen LogP contribution < -0.4 is 9.50 Å². The molecule has 158 valence electrons. The van der Waals surface area contributed by atoms with Crippen LogP contribution in [0.2, 0.25) is 0 Å². The van der Waals surface area contributed by atoms with Crippen molar-refractivity contribution in [2.45, 2.75) is 53.6 Å². The van der Waals surface area contributed by atoms with Crippen LogP contribution in [0.25, 0.3) is 0 Å². The van der Waals surface area contributed by atoms with Crippen molar-refractivity contribution >= 4 is 21.8 Å². The summed E-state index contributed by atoms with van der Waals surface area (Å²) in [4.78, 5) is 14.7. The number of anilines is 1. The van der Waals surface area contributed by atoms with Gasteiger partial charge in [0.05, 0.1) is 5.75 Å². The van der Waals surface area contributed by atoms with Crippen LogP contribution in [-0.4, -0.2) is 31.1 Å². The van der Waals surface area contributed by atoms with Crippen molar-refractivity contribution in [2.24, 2.45) is 0 Å². The maximum atomic E-state index is 13.0. The Morgan fingerprint density at radius 3 is 2.31 bits per heavy atom. The number of carbonyl (C=O) groups excluding carboxylic acids is 1. The molecule has 0 saturated carbocycles. The second-order valence-corrected chi connectivity index (χ2v) is 9.07. The molecular formula is C22H30N2O4S. The molecule has 7 heteroatoms. The number of benzene rings is 2. The summed E-state index contributed by atoms with van der Waals surface area (Å²) in [6.07, 6.45) is 0.816. The Morgan fingerprint density at radius 2 is 1.76 bits per heavy atom. The molecule has 0 aromatic heterocycles. The second-order valence-electron chi connectivity index (χ2n) is 7.21. The molecule has 0 aliphatic carbocycles. The van der Waals surface area contributed by atoms with E-state index in [0.29, 0.717) is 6.54 Å². The fourth-order valence-electron chi connectivity index (χ4n) is 2.84. The molecule has 0 aliphatic heterocycles. The van der Waals surface area contributed by atoms with Gasteiger partial charge in [-0.2, -0.15) is 8.42 Å². The fraction of sp³-hybridized carbons (Fsp3) is 0.409. The highest BCUT2D eigenvalue weighted by atomic mass is 32.2. The lowest BCUT2D eigenvalue weighted by Gasteiger charge is -2.29. The third-order valence-corrected chi connectivity index (χ3v) is 6.01. The Morgan fingerprint density at radius 1 is 1.10 bits per heavy atom. The van der Waals surface area contributed by atoms with E-state index < -0.39 is 10.1 Å². The van der Waals surface area contributed by atoms with Crippen LogP contribution in [0.3, 0.4) is 0 Å². The highest BCUT2D eigenvalue weighted by Crippen LogP contribution is 2.20. The number of urea groups is 1. The van der Waals surface area contributed by atoms with Crippen LogP contribution in [0.15, 0.2) is 42.5 Å². The maximum absolute atomic E-state index is 13.0. The summed E-state index contributed by atoms with van der Waals surface area (Å²) >= 11 is 0. The van der Waals surface area contributed by atoms with Crippen LogP contribution >= 0.6 is 0 Å². The zero-order chi connectivity index (χ0) is 21.6. The first-order chi connectivity index (χ1) is 13.6. The Hall–Kier alpha value is -2.54. The van der Waals surface area contributed by atoms with Gasteiger partial charge in [0.2, 0.25) is 0 Å². The van der Waals surface area contributed by atoms with Gasteiger partial charge in [0.25, 0.3) is 0 Å². The Balaban J connectivity index is 2.15. The average Bonchev–Trinajstić information content (AvgIpc) is 2.68. The number of nitrogens with one attached hydrogen (secondary N) is 1. The number of carbonyl (C=O) groups is 1. The Labute approximate surface area is 174 Å². The number of amides is 2. The van der Waals surface area contributed by atoms with E-state index in [1.807, 2.05) is 45.9 Å². The van der Waals surface area contributed by atoms with Gasteiger partial charge in [-0.05, 0) is 63.4 Å². The molecule has 0 aliphatic rings. The summed E-state index contributed by atoms with van der Waals surface area (Å²) in [7, 11) is -3.56. The number of rotatable bonds is 8. The molecule has 6 nitrogen and oxygen atoms in total. The summed E-state index contributed by atoms with van der Waals surface area (Å²) < 4.78 is 28.2. The maximum Gasteiger partial charge on any atom is 0.322 e. The normalized spacial score (nSPS) is 12.3. The monoisotopic (exact) mass is 418 g/mol. The highest BCUT2D eigenvalue weighted by Gasteiger charge is 2.20. The number of nitrogens with zero attached hydrogens (tertiary/aromatic N) is 1. The minimum absolute atomic E-state index is 0.0390. The molecule has 0 heterocycles. The van der Waals surface area contributed by atoms with E-state index in [4.69, 9.17) is 4.18 Å². The van der Waals surface area contributed by atoms with Crippen molar-refractivity contribution in [1.82, 2.24) is 4.90 Å². The lowest BCUT2D eigenvalue weighted by Crippen LogP contribution is -2.40. The molecule has 0 fully saturated rings. The SMILES string of the molecule is CCC(C)N(Cc1ccc(OS(=O)(=O)CC)cc1)C(=O)Nc1ccc(C)cc1C. The van der Waals surface area contributed by atoms with Crippen molar-refractivity contribution in [2.75, 3.05) is 11.1 Å². The molecule has 1 unspecified atom stereocenters. The van der Waals surface area contributed by atoms with E-state index in [2.05, 4.69) is 5.32 Å². The molecule has 0 saturated heterocycles. The van der Waals surface area contributed by atoms with Crippen molar-refractivity contribution in [1.29, 1.82) is 0 Å². The summed E-state index contributed by atoms with van der Waals surface area (Å²) in [5, 5.41) is 3.01. The predicted molar refractivity (Wildman–Crippen MR) is 117 cm³/mol. The molecule has 0 bridgehead atoms. The molecule has 2 aromatic rings. The smallest absolute Gasteiger partial charge is 0.322 e. The van der Waals surface area contributed by atoms with E-state index >= 15 is 0 Å². The topological polar surface area (TPSA) is 75.7 Å². The first-order valence-corrected chi connectivity index (χ1v) is 11.4. The third-order valence-electron chi connectivity index (χ3n) is 4.86. The van der Waals surface area contributed by atoms with Crippen LogP contribution in [0.1, 0.15) is 43.9 Å². The minimum atomic E-state index is -3.56. The minimum Gasteiger partial charge on any atom is -0.382 e. The van der Waals surface area contributed by atoms with Crippen molar-refractivity contribution < 1.29 is 17.4 Å². The Bertz CT molecular complexity index is 940. The molecular weight excluding hydrogens is 388 g/mol. The van der Waals surface area contributed by atoms with E-state index in [1.165, 1.54) is 6.92 Å². The fourth-order valence-corrected chi connectivity index (χ4v) is 3.36.